The van der Waals surface area contributed by atoms with Crippen LogP contribution in [0, 0.1) is 0 Å². The summed E-state index contributed by atoms with van der Waals surface area (Å²) < 4.78 is 0. The molecular formula is C12H15N3O. The first-order chi connectivity index (χ1) is 7.70. The second-order valence-corrected chi connectivity index (χ2v) is 3.95. The normalized spacial score (nSPS) is 12.6. The largest absolute Gasteiger partial charge is 0.350 e. The van der Waals surface area contributed by atoms with Crippen LogP contribution in [0.3, 0.4) is 0 Å². The first kappa shape index (κ1) is 10.7. The van der Waals surface area contributed by atoms with Crippen molar-refractivity contribution in [2.45, 2.75) is 26.3 Å². The fraction of sp³-hybridized carbons (Fsp3) is 0.333. The number of aromatic nitrogens is 2. The van der Waals surface area contributed by atoms with Gasteiger partial charge in [0.05, 0.1) is 11.7 Å². The fourth-order valence-electron chi connectivity index (χ4n) is 1.49. The number of nitrogens with one attached hydrogen (secondary N) is 2. The molecule has 0 fully saturated rings. The molecule has 0 aliphatic heterocycles. The van der Waals surface area contributed by atoms with Gasteiger partial charge in [0.15, 0.2) is 0 Å². The molecule has 1 amide bonds. The molecule has 1 unspecified atom stereocenters. The molecule has 0 bridgehead atoms. The number of H-pyrrole nitrogens is 1. The minimum atomic E-state index is -0.0362. The first-order valence-electron chi connectivity index (χ1n) is 5.44. The van der Waals surface area contributed by atoms with E-state index in [1.54, 1.807) is 6.20 Å². The van der Waals surface area contributed by atoms with Crippen molar-refractivity contribution in [1.29, 1.82) is 0 Å². The molecular weight excluding hydrogens is 202 g/mol. The van der Waals surface area contributed by atoms with Crippen molar-refractivity contribution in [2.75, 3.05) is 0 Å². The molecule has 1 atom stereocenters. The zero-order valence-electron chi connectivity index (χ0n) is 9.45. The lowest BCUT2D eigenvalue weighted by Crippen LogP contribution is -2.31. The molecule has 0 spiro atoms. The van der Waals surface area contributed by atoms with Gasteiger partial charge in [-0.3, -0.25) is 9.89 Å². The summed E-state index contributed by atoms with van der Waals surface area (Å²) in [5.74, 6) is -0.0362. The van der Waals surface area contributed by atoms with Crippen LogP contribution in [0.2, 0.25) is 0 Å². The third kappa shape index (κ3) is 2.05. The van der Waals surface area contributed by atoms with Crippen LogP contribution in [0.15, 0.2) is 24.4 Å². The predicted molar refractivity (Wildman–Crippen MR) is 63.3 cm³/mol. The SMILES string of the molecule is CCC(C)NC(=O)c1ccc2cn[nH]c2c1. The number of carbonyl (C=O) groups excluding carboxylic acids is 1. The summed E-state index contributed by atoms with van der Waals surface area (Å²) in [7, 11) is 0. The van der Waals surface area contributed by atoms with E-state index in [9.17, 15) is 4.79 Å². The van der Waals surface area contributed by atoms with E-state index in [1.165, 1.54) is 0 Å². The number of rotatable bonds is 3. The van der Waals surface area contributed by atoms with Crippen molar-refractivity contribution in [3.63, 3.8) is 0 Å². The Labute approximate surface area is 94.0 Å². The van der Waals surface area contributed by atoms with Crippen LogP contribution in [0.5, 0.6) is 0 Å². The topological polar surface area (TPSA) is 57.8 Å². The molecule has 4 nitrogen and oxygen atoms in total. The van der Waals surface area contributed by atoms with Crippen molar-refractivity contribution < 1.29 is 4.79 Å². The van der Waals surface area contributed by atoms with Gasteiger partial charge in [-0.1, -0.05) is 13.0 Å². The fourth-order valence-corrected chi connectivity index (χ4v) is 1.49. The van der Waals surface area contributed by atoms with E-state index in [1.807, 2.05) is 32.0 Å². The van der Waals surface area contributed by atoms with E-state index in [2.05, 4.69) is 15.5 Å². The zero-order valence-corrected chi connectivity index (χ0v) is 9.45. The van der Waals surface area contributed by atoms with Gasteiger partial charge in [-0.15, -0.1) is 0 Å². The molecule has 4 heteroatoms. The molecule has 0 saturated carbocycles. The number of nitrogens with zero attached hydrogens (tertiary/aromatic N) is 1. The monoisotopic (exact) mass is 217 g/mol. The Morgan fingerprint density at radius 2 is 2.38 bits per heavy atom. The Morgan fingerprint density at radius 1 is 1.56 bits per heavy atom. The van der Waals surface area contributed by atoms with Crippen molar-refractivity contribution in [1.82, 2.24) is 15.5 Å². The van der Waals surface area contributed by atoms with E-state index in [-0.39, 0.29) is 11.9 Å². The maximum atomic E-state index is 11.8. The Hall–Kier alpha value is -1.84. The van der Waals surface area contributed by atoms with E-state index in [0.717, 1.165) is 17.3 Å². The number of hydrogen-bond donors (Lipinski definition) is 2. The molecule has 2 rings (SSSR count). The molecule has 2 aromatic rings. The lowest BCUT2D eigenvalue weighted by atomic mass is 10.1. The van der Waals surface area contributed by atoms with Gasteiger partial charge in [0.2, 0.25) is 0 Å². The minimum absolute atomic E-state index is 0.0362. The summed E-state index contributed by atoms with van der Waals surface area (Å²) in [5, 5.41) is 10.7. The summed E-state index contributed by atoms with van der Waals surface area (Å²) >= 11 is 0. The van der Waals surface area contributed by atoms with E-state index < -0.39 is 0 Å². The number of fused-ring (bicyclic) bond motifs is 1. The number of benzene rings is 1. The lowest BCUT2D eigenvalue weighted by molar-refractivity contribution is 0.0939. The number of aromatic amines is 1. The molecule has 1 aromatic heterocycles. The van der Waals surface area contributed by atoms with Crippen LogP contribution in [-0.4, -0.2) is 22.1 Å². The third-order valence-corrected chi connectivity index (χ3v) is 2.69. The van der Waals surface area contributed by atoms with Gasteiger partial charge in [-0.25, -0.2) is 0 Å². The number of amides is 1. The Bertz CT molecular complexity index is 504. The van der Waals surface area contributed by atoms with E-state index >= 15 is 0 Å². The molecule has 16 heavy (non-hydrogen) atoms. The second-order valence-electron chi connectivity index (χ2n) is 3.95. The molecule has 0 radical (unpaired) electrons. The van der Waals surface area contributed by atoms with Gasteiger partial charge < -0.3 is 5.32 Å². The van der Waals surface area contributed by atoms with E-state index in [4.69, 9.17) is 0 Å². The molecule has 0 aliphatic carbocycles. The summed E-state index contributed by atoms with van der Waals surface area (Å²) in [4.78, 5) is 11.8. The van der Waals surface area contributed by atoms with Crippen molar-refractivity contribution >= 4 is 16.8 Å². The highest BCUT2D eigenvalue weighted by Gasteiger charge is 2.09. The molecule has 84 valence electrons. The highest BCUT2D eigenvalue weighted by molar-refractivity contribution is 5.97. The summed E-state index contributed by atoms with van der Waals surface area (Å²) in [5.41, 5.74) is 1.55. The molecule has 1 heterocycles. The zero-order chi connectivity index (χ0) is 11.5. The first-order valence-corrected chi connectivity index (χ1v) is 5.44. The van der Waals surface area contributed by atoms with Gasteiger partial charge in [-0.05, 0) is 25.5 Å². The Balaban J connectivity index is 2.22. The van der Waals surface area contributed by atoms with Crippen molar-refractivity contribution in [3.05, 3.63) is 30.0 Å². The Kier molecular flexibility index (Phi) is 2.90. The van der Waals surface area contributed by atoms with Crippen LogP contribution in [-0.2, 0) is 0 Å². The molecule has 0 saturated heterocycles. The van der Waals surface area contributed by atoms with Gasteiger partial charge >= 0.3 is 0 Å². The Morgan fingerprint density at radius 3 is 3.12 bits per heavy atom. The summed E-state index contributed by atoms with van der Waals surface area (Å²) in [6.07, 6.45) is 2.67. The van der Waals surface area contributed by atoms with Crippen LogP contribution in [0.1, 0.15) is 30.6 Å². The van der Waals surface area contributed by atoms with Crippen molar-refractivity contribution in [2.24, 2.45) is 0 Å². The summed E-state index contributed by atoms with van der Waals surface area (Å²) in [6, 6.07) is 5.73. The number of hydrogen-bond acceptors (Lipinski definition) is 2. The molecule has 1 aromatic carbocycles. The predicted octanol–water partition coefficient (Wildman–Crippen LogP) is 2.09. The van der Waals surface area contributed by atoms with Crippen LogP contribution >= 0.6 is 0 Å². The smallest absolute Gasteiger partial charge is 0.251 e. The lowest BCUT2D eigenvalue weighted by Gasteiger charge is -2.11. The molecule has 0 aliphatic rings. The average Bonchev–Trinajstić information content (AvgIpc) is 2.75. The standard InChI is InChI=1S/C12H15N3O/c1-3-8(2)14-12(16)9-4-5-10-7-13-15-11(10)6-9/h4-8H,3H2,1-2H3,(H,13,15)(H,14,16). The van der Waals surface area contributed by atoms with E-state index in [0.29, 0.717) is 5.56 Å². The van der Waals surface area contributed by atoms with Crippen LogP contribution in [0.25, 0.3) is 10.9 Å². The van der Waals surface area contributed by atoms with Crippen LogP contribution < -0.4 is 5.32 Å². The second kappa shape index (κ2) is 4.35. The van der Waals surface area contributed by atoms with Gasteiger partial charge in [-0.2, -0.15) is 5.10 Å². The van der Waals surface area contributed by atoms with Gasteiger partial charge in [0.1, 0.15) is 0 Å². The van der Waals surface area contributed by atoms with Crippen LogP contribution in [0.4, 0.5) is 0 Å². The third-order valence-electron chi connectivity index (χ3n) is 2.69. The molecule has 2 N–H and O–H groups in total. The maximum Gasteiger partial charge on any atom is 0.251 e. The van der Waals surface area contributed by atoms with Gasteiger partial charge in [0.25, 0.3) is 5.91 Å². The average molecular weight is 217 g/mol. The van der Waals surface area contributed by atoms with Gasteiger partial charge in [0, 0.05) is 17.0 Å². The summed E-state index contributed by atoms with van der Waals surface area (Å²) in [6.45, 7) is 4.04. The highest BCUT2D eigenvalue weighted by Crippen LogP contribution is 2.12. The quantitative estimate of drug-likeness (QED) is 0.827. The maximum absolute atomic E-state index is 11.8. The highest BCUT2D eigenvalue weighted by atomic mass is 16.1. The van der Waals surface area contributed by atoms with Crippen molar-refractivity contribution in [3.8, 4) is 0 Å². The minimum Gasteiger partial charge on any atom is -0.350 e. The number of carbonyl (C=O) groups is 1.